The summed E-state index contributed by atoms with van der Waals surface area (Å²) in [6, 6.07) is 5.70. The molecule has 3 N–H and O–H groups in total. The molecule has 0 unspecified atom stereocenters. The lowest BCUT2D eigenvalue weighted by Crippen LogP contribution is -2.37. The van der Waals surface area contributed by atoms with Crippen LogP contribution in [0, 0.1) is 12.3 Å². The normalized spacial score (nSPS) is 11.2. The van der Waals surface area contributed by atoms with E-state index in [9.17, 15) is 4.79 Å². The minimum Gasteiger partial charge on any atom is -0.492 e. The first kappa shape index (κ1) is 14.5. The number of ether oxygens (including phenoxy) is 1. The number of amides is 1. The summed E-state index contributed by atoms with van der Waals surface area (Å²) >= 11 is 0. The number of hydrogen-bond donors (Lipinski definition) is 2. The molecule has 1 rings (SSSR count). The molecule has 0 heterocycles. The second-order valence-electron chi connectivity index (χ2n) is 4.97. The summed E-state index contributed by atoms with van der Waals surface area (Å²) in [5.74, 6) is 0.591. The van der Waals surface area contributed by atoms with Crippen LogP contribution in [0.2, 0.25) is 0 Å². The van der Waals surface area contributed by atoms with Crippen LogP contribution < -0.4 is 15.8 Å². The van der Waals surface area contributed by atoms with E-state index in [0.717, 1.165) is 5.56 Å². The number of nitrogens with one attached hydrogen (secondary N) is 1. The van der Waals surface area contributed by atoms with E-state index in [0.29, 0.717) is 24.6 Å². The van der Waals surface area contributed by atoms with Crippen molar-refractivity contribution in [2.75, 3.05) is 18.5 Å². The average Bonchev–Trinajstić information content (AvgIpc) is 2.32. The minimum absolute atomic E-state index is 0.102. The Kier molecular flexibility index (Phi) is 4.73. The van der Waals surface area contributed by atoms with E-state index in [1.54, 1.807) is 0 Å². The Bertz CT molecular complexity index is 428. The fraction of sp³-hybridized carbons (Fsp3) is 0.500. The summed E-state index contributed by atoms with van der Waals surface area (Å²) in [5, 5.41) is 2.87. The zero-order valence-corrected chi connectivity index (χ0v) is 11.5. The third-order valence-corrected chi connectivity index (χ3v) is 2.81. The fourth-order valence-electron chi connectivity index (χ4n) is 1.39. The molecule has 100 valence electrons. The number of anilines is 1. The third-order valence-electron chi connectivity index (χ3n) is 2.81. The molecule has 0 spiro atoms. The van der Waals surface area contributed by atoms with Crippen molar-refractivity contribution in [2.45, 2.75) is 27.7 Å². The van der Waals surface area contributed by atoms with Crippen LogP contribution in [0.3, 0.4) is 0 Å². The van der Waals surface area contributed by atoms with Gasteiger partial charge in [0.1, 0.15) is 5.75 Å². The van der Waals surface area contributed by atoms with Crippen LogP contribution in [0.5, 0.6) is 5.75 Å². The summed E-state index contributed by atoms with van der Waals surface area (Å²) < 4.78 is 5.52. The van der Waals surface area contributed by atoms with E-state index in [1.165, 1.54) is 0 Å². The van der Waals surface area contributed by atoms with Crippen LogP contribution in [-0.2, 0) is 4.79 Å². The Labute approximate surface area is 109 Å². The largest absolute Gasteiger partial charge is 0.492 e. The molecule has 0 bridgehead atoms. The molecule has 1 aromatic rings. The fourth-order valence-corrected chi connectivity index (χ4v) is 1.39. The van der Waals surface area contributed by atoms with E-state index in [2.05, 4.69) is 5.32 Å². The lowest BCUT2D eigenvalue weighted by Gasteiger charge is -2.22. The Balaban J connectivity index is 2.93. The molecule has 0 aliphatic carbocycles. The van der Waals surface area contributed by atoms with Crippen molar-refractivity contribution in [2.24, 2.45) is 11.1 Å². The van der Waals surface area contributed by atoms with Crippen molar-refractivity contribution >= 4 is 11.6 Å². The number of carbonyl (C=O) groups is 1. The van der Waals surface area contributed by atoms with Gasteiger partial charge in [0.05, 0.1) is 17.7 Å². The Hall–Kier alpha value is -1.55. The summed E-state index contributed by atoms with van der Waals surface area (Å²) in [6.45, 7) is 8.39. The molecule has 0 fully saturated rings. The van der Waals surface area contributed by atoms with E-state index in [-0.39, 0.29) is 5.91 Å². The zero-order valence-electron chi connectivity index (χ0n) is 11.5. The average molecular weight is 250 g/mol. The van der Waals surface area contributed by atoms with Gasteiger partial charge < -0.3 is 15.8 Å². The summed E-state index contributed by atoms with van der Waals surface area (Å²) in [5.41, 5.74) is 6.78. The van der Waals surface area contributed by atoms with E-state index in [1.807, 2.05) is 45.9 Å². The molecule has 1 amide bonds. The quantitative estimate of drug-likeness (QED) is 0.843. The molecule has 4 nitrogen and oxygen atoms in total. The van der Waals surface area contributed by atoms with Gasteiger partial charge in [-0.2, -0.15) is 0 Å². The van der Waals surface area contributed by atoms with Gasteiger partial charge in [0, 0.05) is 6.54 Å². The standard InChI is InChI=1S/C14H22N2O2/c1-5-18-12-8-10(2)6-7-11(12)16-13(17)14(3,4)9-15/h6-8H,5,9,15H2,1-4H3,(H,16,17). The minimum atomic E-state index is -0.589. The summed E-state index contributed by atoms with van der Waals surface area (Å²) in [7, 11) is 0. The van der Waals surface area contributed by atoms with Crippen LogP contribution in [0.15, 0.2) is 18.2 Å². The summed E-state index contributed by atoms with van der Waals surface area (Å²) in [6.07, 6.45) is 0. The maximum Gasteiger partial charge on any atom is 0.231 e. The van der Waals surface area contributed by atoms with Gasteiger partial charge in [-0.3, -0.25) is 4.79 Å². The molecular formula is C14H22N2O2. The second kappa shape index (κ2) is 5.87. The lowest BCUT2D eigenvalue weighted by atomic mass is 9.92. The predicted octanol–water partition coefficient (Wildman–Crippen LogP) is 2.32. The second-order valence-corrected chi connectivity index (χ2v) is 4.97. The van der Waals surface area contributed by atoms with Gasteiger partial charge >= 0.3 is 0 Å². The van der Waals surface area contributed by atoms with Crippen molar-refractivity contribution in [1.29, 1.82) is 0 Å². The van der Waals surface area contributed by atoms with Gasteiger partial charge in [-0.15, -0.1) is 0 Å². The molecule has 0 atom stereocenters. The Morgan fingerprint density at radius 2 is 2.11 bits per heavy atom. The maximum absolute atomic E-state index is 12.1. The lowest BCUT2D eigenvalue weighted by molar-refractivity contribution is -0.123. The monoisotopic (exact) mass is 250 g/mol. The Morgan fingerprint density at radius 3 is 2.67 bits per heavy atom. The Morgan fingerprint density at radius 1 is 1.44 bits per heavy atom. The SMILES string of the molecule is CCOc1cc(C)ccc1NC(=O)C(C)(C)CN. The topological polar surface area (TPSA) is 64.3 Å². The van der Waals surface area contributed by atoms with Crippen molar-refractivity contribution in [1.82, 2.24) is 0 Å². The van der Waals surface area contributed by atoms with Crippen molar-refractivity contribution < 1.29 is 9.53 Å². The highest BCUT2D eigenvalue weighted by Crippen LogP contribution is 2.27. The number of hydrogen-bond acceptors (Lipinski definition) is 3. The molecule has 0 aromatic heterocycles. The molecule has 0 saturated heterocycles. The molecule has 1 aromatic carbocycles. The van der Waals surface area contributed by atoms with Gasteiger partial charge in [-0.05, 0) is 45.4 Å². The van der Waals surface area contributed by atoms with Crippen molar-refractivity contribution in [3.05, 3.63) is 23.8 Å². The van der Waals surface area contributed by atoms with Crippen molar-refractivity contribution in [3.63, 3.8) is 0 Å². The van der Waals surface area contributed by atoms with E-state index in [4.69, 9.17) is 10.5 Å². The van der Waals surface area contributed by atoms with Crippen LogP contribution in [0.1, 0.15) is 26.3 Å². The molecule has 0 radical (unpaired) electrons. The molecule has 4 heteroatoms. The number of benzene rings is 1. The first-order chi connectivity index (χ1) is 8.40. The highest BCUT2D eigenvalue weighted by Gasteiger charge is 2.26. The van der Waals surface area contributed by atoms with Crippen molar-refractivity contribution in [3.8, 4) is 5.75 Å². The zero-order chi connectivity index (χ0) is 13.8. The van der Waals surface area contributed by atoms with E-state index >= 15 is 0 Å². The first-order valence-electron chi connectivity index (χ1n) is 6.15. The van der Waals surface area contributed by atoms with Crippen LogP contribution in [0.25, 0.3) is 0 Å². The van der Waals surface area contributed by atoms with Gasteiger partial charge in [-0.25, -0.2) is 0 Å². The van der Waals surface area contributed by atoms with Crippen LogP contribution in [0.4, 0.5) is 5.69 Å². The molecular weight excluding hydrogens is 228 g/mol. The van der Waals surface area contributed by atoms with Gasteiger partial charge in [-0.1, -0.05) is 6.07 Å². The molecule has 0 aliphatic rings. The molecule has 18 heavy (non-hydrogen) atoms. The summed E-state index contributed by atoms with van der Waals surface area (Å²) in [4.78, 5) is 12.1. The molecule has 0 saturated carbocycles. The first-order valence-corrected chi connectivity index (χ1v) is 6.15. The van der Waals surface area contributed by atoms with Crippen LogP contribution in [-0.4, -0.2) is 19.1 Å². The third kappa shape index (κ3) is 3.47. The number of rotatable bonds is 5. The van der Waals surface area contributed by atoms with Crippen LogP contribution >= 0.6 is 0 Å². The highest BCUT2D eigenvalue weighted by molar-refractivity contribution is 5.96. The highest BCUT2D eigenvalue weighted by atomic mass is 16.5. The number of aryl methyl sites for hydroxylation is 1. The molecule has 0 aliphatic heterocycles. The number of nitrogens with two attached hydrogens (primary N) is 1. The van der Waals surface area contributed by atoms with Gasteiger partial charge in [0.25, 0.3) is 0 Å². The smallest absolute Gasteiger partial charge is 0.231 e. The van der Waals surface area contributed by atoms with E-state index < -0.39 is 5.41 Å². The van der Waals surface area contributed by atoms with Gasteiger partial charge in [0.15, 0.2) is 0 Å². The maximum atomic E-state index is 12.1. The predicted molar refractivity (Wildman–Crippen MR) is 73.8 cm³/mol. The number of carbonyl (C=O) groups excluding carboxylic acids is 1. The van der Waals surface area contributed by atoms with Gasteiger partial charge in [0.2, 0.25) is 5.91 Å².